The molecule has 1 aromatic heterocycles. The van der Waals surface area contributed by atoms with E-state index in [4.69, 9.17) is 0 Å². The molecule has 1 unspecified atom stereocenters. The van der Waals surface area contributed by atoms with Crippen LogP contribution in [0.15, 0.2) is 42.6 Å². The smallest absolute Gasteiger partial charge is 0.335 e. The van der Waals surface area contributed by atoms with Gasteiger partial charge in [-0.1, -0.05) is 24.3 Å². The monoisotopic (exact) mass is 336 g/mol. The van der Waals surface area contributed by atoms with E-state index in [1.807, 2.05) is 17.0 Å². The summed E-state index contributed by atoms with van der Waals surface area (Å²) in [4.78, 5) is 30.5. The molecule has 2 aliphatic carbocycles. The van der Waals surface area contributed by atoms with Gasteiger partial charge in [0.05, 0.1) is 11.6 Å². The van der Waals surface area contributed by atoms with Crippen molar-refractivity contribution in [1.82, 2.24) is 9.88 Å². The average Bonchev–Trinajstić information content (AvgIpc) is 3.47. The van der Waals surface area contributed by atoms with E-state index >= 15 is 0 Å². The Morgan fingerprint density at radius 1 is 1.12 bits per heavy atom. The molecule has 0 bridgehead atoms. The molecular formula is C20H20N2O3. The zero-order valence-corrected chi connectivity index (χ0v) is 13.9. The topological polar surface area (TPSA) is 70.5 Å². The summed E-state index contributed by atoms with van der Waals surface area (Å²) >= 11 is 0. The van der Waals surface area contributed by atoms with Crippen molar-refractivity contribution in [2.75, 3.05) is 0 Å². The van der Waals surface area contributed by atoms with Crippen molar-refractivity contribution >= 4 is 11.9 Å². The Kier molecular flexibility index (Phi) is 3.99. The van der Waals surface area contributed by atoms with E-state index in [9.17, 15) is 14.7 Å². The number of benzene rings is 1. The molecule has 5 heteroatoms. The zero-order valence-electron chi connectivity index (χ0n) is 13.9. The van der Waals surface area contributed by atoms with Crippen molar-refractivity contribution in [2.24, 2.45) is 0 Å². The van der Waals surface area contributed by atoms with Crippen LogP contribution in [0, 0.1) is 0 Å². The van der Waals surface area contributed by atoms with Crippen LogP contribution in [0.1, 0.15) is 63.7 Å². The van der Waals surface area contributed by atoms with Crippen LogP contribution in [0.25, 0.3) is 0 Å². The Hall–Kier alpha value is -2.69. The highest BCUT2D eigenvalue weighted by atomic mass is 16.4. The van der Waals surface area contributed by atoms with Crippen LogP contribution in [0.2, 0.25) is 0 Å². The number of aromatic carboxylic acids is 1. The lowest BCUT2D eigenvalue weighted by molar-refractivity contribution is 0.0631. The van der Waals surface area contributed by atoms with Gasteiger partial charge in [0.2, 0.25) is 0 Å². The van der Waals surface area contributed by atoms with E-state index in [0.717, 1.165) is 32.1 Å². The van der Waals surface area contributed by atoms with Gasteiger partial charge in [0.15, 0.2) is 0 Å². The molecule has 1 N–H and O–H groups in total. The maximum atomic E-state index is 13.2. The van der Waals surface area contributed by atoms with Gasteiger partial charge >= 0.3 is 5.97 Å². The fourth-order valence-electron chi connectivity index (χ4n) is 3.74. The number of hydrogen-bond acceptors (Lipinski definition) is 3. The molecule has 1 saturated carbocycles. The van der Waals surface area contributed by atoms with Crippen molar-refractivity contribution in [1.29, 1.82) is 0 Å². The number of carboxylic acid groups (broad SMARTS) is 1. The summed E-state index contributed by atoms with van der Waals surface area (Å²) in [7, 11) is 0. The Labute approximate surface area is 146 Å². The molecule has 0 saturated heterocycles. The minimum absolute atomic E-state index is 0.0558. The van der Waals surface area contributed by atoms with Gasteiger partial charge in [0.25, 0.3) is 5.91 Å². The van der Waals surface area contributed by atoms with Crippen molar-refractivity contribution in [2.45, 2.75) is 44.2 Å². The standard InChI is InChI=1S/C20H20N2O3/c23-19(17-12-14(20(24)25)10-11-21-17)22(15-8-9-15)18-7-3-5-13-4-1-2-6-16(13)18/h1-2,4,6,10-12,15,18H,3,5,7-9H2,(H,24,25). The van der Waals surface area contributed by atoms with Gasteiger partial charge in [-0.15, -0.1) is 0 Å². The lowest BCUT2D eigenvalue weighted by atomic mass is 9.86. The van der Waals surface area contributed by atoms with E-state index in [2.05, 4.69) is 17.1 Å². The number of rotatable bonds is 4. The molecule has 4 rings (SSSR count). The second-order valence-electron chi connectivity index (χ2n) is 6.79. The fraction of sp³-hybridized carbons (Fsp3) is 0.350. The number of hydrogen-bond donors (Lipinski definition) is 1. The molecule has 2 aromatic rings. The molecule has 0 radical (unpaired) electrons. The highest BCUT2D eigenvalue weighted by Gasteiger charge is 2.40. The summed E-state index contributed by atoms with van der Waals surface area (Å²) in [6.07, 6.45) is 6.45. The molecule has 5 nitrogen and oxygen atoms in total. The van der Waals surface area contributed by atoms with E-state index in [1.165, 1.54) is 29.5 Å². The normalized spacial score (nSPS) is 19.1. The quantitative estimate of drug-likeness (QED) is 0.928. The molecule has 128 valence electrons. The molecule has 1 aromatic carbocycles. The van der Waals surface area contributed by atoms with Gasteiger partial charge in [-0.25, -0.2) is 4.79 Å². The van der Waals surface area contributed by atoms with Crippen LogP contribution >= 0.6 is 0 Å². The second-order valence-corrected chi connectivity index (χ2v) is 6.79. The highest BCUT2D eigenvalue weighted by Crippen LogP contribution is 2.41. The van der Waals surface area contributed by atoms with Crippen LogP contribution in [0.3, 0.4) is 0 Å². The van der Waals surface area contributed by atoms with Crippen LogP contribution in [0.4, 0.5) is 0 Å². The number of nitrogens with zero attached hydrogens (tertiary/aromatic N) is 2. The summed E-state index contributed by atoms with van der Waals surface area (Å²) in [6, 6.07) is 11.4. The lowest BCUT2D eigenvalue weighted by Crippen LogP contribution is -2.38. The maximum Gasteiger partial charge on any atom is 0.335 e. The summed E-state index contributed by atoms with van der Waals surface area (Å²) in [5, 5.41) is 9.18. The number of carbonyl (C=O) groups is 2. The van der Waals surface area contributed by atoms with Gasteiger partial charge in [-0.3, -0.25) is 9.78 Å². The van der Waals surface area contributed by atoms with Crippen molar-refractivity contribution in [3.8, 4) is 0 Å². The van der Waals surface area contributed by atoms with Crippen LogP contribution in [-0.2, 0) is 6.42 Å². The average molecular weight is 336 g/mol. The molecule has 1 atom stereocenters. The van der Waals surface area contributed by atoms with Gasteiger partial charge in [0.1, 0.15) is 5.69 Å². The first kappa shape index (κ1) is 15.8. The Morgan fingerprint density at radius 3 is 2.68 bits per heavy atom. The first-order valence-electron chi connectivity index (χ1n) is 8.75. The van der Waals surface area contributed by atoms with Gasteiger partial charge in [-0.2, -0.15) is 0 Å². The Balaban J connectivity index is 1.70. The lowest BCUT2D eigenvalue weighted by Gasteiger charge is -2.36. The summed E-state index contributed by atoms with van der Waals surface area (Å²) in [5.74, 6) is -1.20. The molecule has 0 spiro atoms. The number of carbonyl (C=O) groups excluding carboxylic acids is 1. The number of amides is 1. The maximum absolute atomic E-state index is 13.2. The van der Waals surface area contributed by atoms with E-state index in [1.54, 1.807) is 0 Å². The third-order valence-electron chi connectivity index (χ3n) is 5.07. The molecule has 2 aliphatic rings. The fourth-order valence-corrected chi connectivity index (χ4v) is 3.74. The minimum Gasteiger partial charge on any atom is -0.478 e. The Morgan fingerprint density at radius 2 is 1.92 bits per heavy atom. The number of fused-ring (bicyclic) bond motifs is 1. The largest absolute Gasteiger partial charge is 0.478 e. The van der Waals surface area contributed by atoms with E-state index < -0.39 is 5.97 Å². The third kappa shape index (κ3) is 3.02. The molecule has 1 amide bonds. The van der Waals surface area contributed by atoms with Crippen LogP contribution in [-0.4, -0.2) is 32.9 Å². The van der Waals surface area contributed by atoms with E-state index in [-0.39, 0.29) is 29.2 Å². The van der Waals surface area contributed by atoms with Crippen molar-refractivity contribution in [3.63, 3.8) is 0 Å². The molecular weight excluding hydrogens is 316 g/mol. The SMILES string of the molecule is O=C(O)c1ccnc(C(=O)N(C2CC2)C2CCCc3ccccc32)c1. The predicted molar refractivity (Wildman–Crippen MR) is 92.5 cm³/mol. The van der Waals surface area contributed by atoms with Crippen molar-refractivity contribution < 1.29 is 14.7 Å². The summed E-state index contributed by atoms with van der Waals surface area (Å²) < 4.78 is 0. The van der Waals surface area contributed by atoms with Gasteiger partial charge in [-0.05, 0) is 55.4 Å². The molecule has 1 heterocycles. The molecule has 1 fully saturated rings. The minimum atomic E-state index is -1.04. The number of aryl methyl sites for hydroxylation is 1. The zero-order chi connectivity index (χ0) is 17.4. The number of aromatic nitrogens is 1. The number of pyridine rings is 1. The predicted octanol–water partition coefficient (Wildman–Crippen LogP) is 3.46. The number of carboxylic acids is 1. The first-order chi connectivity index (χ1) is 12.1. The van der Waals surface area contributed by atoms with Gasteiger partial charge in [0, 0.05) is 12.2 Å². The third-order valence-corrected chi connectivity index (χ3v) is 5.07. The van der Waals surface area contributed by atoms with Crippen LogP contribution < -0.4 is 0 Å². The highest BCUT2D eigenvalue weighted by molar-refractivity contribution is 5.96. The van der Waals surface area contributed by atoms with E-state index in [0.29, 0.717) is 0 Å². The first-order valence-corrected chi connectivity index (χ1v) is 8.75. The summed E-state index contributed by atoms with van der Waals surface area (Å²) in [5.41, 5.74) is 2.85. The van der Waals surface area contributed by atoms with Gasteiger partial charge < -0.3 is 10.0 Å². The summed E-state index contributed by atoms with van der Waals surface area (Å²) in [6.45, 7) is 0. The Bertz CT molecular complexity index is 829. The second kappa shape index (κ2) is 6.31. The molecule has 25 heavy (non-hydrogen) atoms. The van der Waals surface area contributed by atoms with Crippen LogP contribution in [0.5, 0.6) is 0 Å². The van der Waals surface area contributed by atoms with Crippen molar-refractivity contribution in [3.05, 3.63) is 65.0 Å². The molecule has 0 aliphatic heterocycles.